The van der Waals surface area contributed by atoms with Gasteiger partial charge in [0.15, 0.2) is 0 Å². The summed E-state index contributed by atoms with van der Waals surface area (Å²) < 4.78 is 18.2. The number of aliphatic imine (C=N–C) groups is 3. The van der Waals surface area contributed by atoms with Crippen LogP contribution in [0.3, 0.4) is 0 Å². The lowest BCUT2D eigenvalue weighted by molar-refractivity contribution is 0.338. The smallest absolute Gasteiger partial charge is 0.108 e. The van der Waals surface area contributed by atoms with E-state index in [1.165, 1.54) is 25.5 Å². The Labute approximate surface area is 136 Å². The normalized spacial score (nSPS) is 18.3. The van der Waals surface area contributed by atoms with Gasteiger partial charge in [-0.3, -0.25) is 9.98 Å². The molecule has 1 rings (SSSR count). The highest BCUT2D eigenvalue weighted by Gasteiger charge is 2.13. The lowest BCUT2D eigenvalue weighted by Gasteiger charge is -2.14. The number of nitrogens with zero attached hydrogens (tertiary/aromatic N) is 3. The second-order valence-electron chi connectivity index (χ2n) is 4.53. The van der Waals surface area contributed by atoms with Crippen LogP contribution in [0.5, 0.6) is 0 Å². The molecule has 1 N–H and O–H groups in total. The number of ether oxygens (including phenoxy) is 1. The molecular formula is C17H21FN4O. The standard InChI is InChI=1S/C17H21FN4O/c1-13(18)10-14(6-5-9-23-4)16-11-15(21-8-7-19-2)12-17(20-3)22-16/h5-11H,2,12H2,1,3-4H3,(H,20,22)/b8-7-,9-5+,13-10+,14-6+,21-15-. The fourth-order valence-corrected chi connectivity index (χ4v) is 1.79. The summed E-state index contributed by atoms with van der Waals surface area (Å²) in [5, 5.41) is 3.01. The summed E-state index contributed by atoms with van der Waals surface area (Å²) in [6, 6.07) is 0. The van der Waals surface area contributed by atoms with E-state index in [1.54, 1.807) is 38.6 Å². The maximum atomic E-state index is 13.4. The van der Waals surface area contributed by atoms with Gasteiger partial charge in [0.05, 0.1) is 30.6 Å². The van der Waals surface area contributed by atoms with Crippen LogP contribution in [0.1, 0.15) is 13.3 Å². The van der Waals surface area contributed by atoms with Crippen LogP contribution in [0.25, 0.3) is 0 Å². The number of halogens is 1. The molecule has 0 spiro atoms. The zero-order valence-corrected chi connectivity index (χ0v) is 13.6. The summed E-state index contributed by atoms with van der Waals surface area (Å²) in [5.74, 6) is 0.428. The summed E-state index contributed by atoms with van der Waals surface area (Å²) in [5.41, 5.74) is 2.01. The molecule has 0 fully saturated rings. The average Bonchev–Trinajstić information content (AvgIpc) is 2.53. The van der Waals surface area contributed by atoms with Crippen molar-refractivity contribution < 1.29 is 9.13 Å². The number of methoxy groups -OCH3 is 1. The van der Waals surface area contributed by atoms with E-state index in [1.807, 2.05) is 0 Å². The summed E-state index contributed by atoms with van der Waals surface area (Å²) in [6.45, 7) is 4.74. The zero-order chi connectivity index (χ0) is 17.1. The van der Waals surface area contributed by atoms with Crippen molar-refractivity contribution >= 4 is 18.3 Å². The highest BCUT2D eigenvalue weighted by Crippen LogP contribution is 2.20. The first kappa shape index (κ1) is 18.3. The molecule has 1 heterocycles. The van der Waals surface area contributed by atoms with Gasteiger partial charge < -0.3 is 10.1 Å². The fourth-order valence-electron chi connectivity index (χ4n) is 1.79. The Bertz CT molecular complexity index is 633. The third-order valence-corrected chi connectivity index (χ3v) is 2.75. The molecular weight excluding hydrogens is 295 g/mol. The summed E-state index contributed by atoms with van der Waals surface area (Å²) in [4.78, 5) is 12.4. The minimum atomic E-state index is -0.316. The molecule has 0 aliphatic carbocycles. The second kappa shape index (κ2) is 10.0. The van der Waals surface area contributed by atoms with Crippen molar-refractivity contribution in [3.05, 3.63) is 60.1 Å². The Morgan fingerprint density at radius 1 is 1.48 bits per heavy atom. The second-order valence-corrected chi connectivity index (χ2v) is 4.53. The van der Waals surface area contributed by atoms with E-state index in [4.69, 9.17) is 4.74 Å². The Morgan fingerprint density at radius 2 is 2.26 bits per heavy atom. The zero-order valence-electron chi connectivity index (χ0n) is 13.6. The van der Waals surface area contributed by atoms with Gasteiger partial charge in [-0.05, 0) is 37.9 Å². The van der Waals surface area contributed by atoms with Crippen LogP contribution in [-0.2, 0) is 4.74 Å². The molecule has 0 bridgehead atoms. The van der Waals surface area contributed by atoms with E-state index in [9.17, 15) is 4.39 Å². The van der Waals surface area contributed by atoms with Gasteiger partial charge in [-0.15, -0.1) is 0 Å². The van der Waals surface area contributed by atoms with Gasteiger partial charge in [0, 0.05) is 31.4 Å². The van der Waals surface area contributed by atoms with E-state index < -0.39 is 0 Å². The van der Waals surface area contributed by atoms with Gasteiger partial charge in [-0.2, -0.15) is 0 Å². The van der Waals surface area contributed by atoms with Crippen molar-refractivity contribution in [2.45, 2.75) is 13.3 Å². The van der Waals surface area contributed by atoms with Gasteiger partial charge in [0.2, 0.25) is 0 Å². The van der Waals surface area contributed by atoms with Gasteiger partial charge in [-0.25, -0.2) is 9.38 Å². The van der Waals surface area contributed by atoms with Crippen molar-refractivity contribution in [1.29, 1.82) is 0 Å². The monoisotopic (exact) mass is 316 g/mol. The number of amidine groups is 1. The minimum absolute atomic E-state index is 0.316. The van der Waals surface area contributed by atoms with Gasteiger partial charge in [0.25, 0.3) is 0 Å². The molecule has 5 nitrogen and oxygen atoms in total. The van der Waals surface area contributed by atoms with Crippen LogP contribution in [0.2, 0.25) is 0 Å². The number of hydrogen-bond acceptors (Lipinski definition) is 5. The maximum Gasteiger partial charge on any atom is 0.108 e. The quantitative estimate of drug-likeness (QED) is 0.463. The highest BCUT2D eigenvalue weighted by atomic mass is 19.1. The van der Waals surface area contributed by atoms with Crippen LogP contribution in [-0.4, -0.2) is 32.4 Å². The lowest BCUT2D eigenvalue weighted by Crippen LogP contribution is -2.24. The third kappa shape index (κ3) is 6.69. The molecule has 0 aromatic carbocycles. The molecule has 0 aromatic heterocycles. The minimum Gasteiger partial charge on any atom is -0.504 e. The largest absolute Gasteiger partial charge is 0.504 e. The Morgan fingerprint density at radius 3 is 2.87 bits per heavy atom. The van der Waals surface area contributed by atoms with Crippen LogP contribution in [0, 0.1) is 0 Å². The van der Waals surface area contributed by atoms with Gasteiger partial charge in [0.1, 0.15) is 5.84 Å². The molecule has 0 atom stereocenters. The number of hydrogen-bond donors (Lipinski definition) is 1. The molecule has 6 heteroatoms. The fraction of sp³-hybridized carbons (Fsp3) is 0.235. The molecule has 122 valence electrons. The van der Waals surface area contributed by atoms with Crippen LogP contribution >= 0.6 is 0 Å². The average molecular weight is 316 g/mol. The third-order valence-electron chi connectivity index (χ3n) is 2.75. The van der Waals surface area contributed by atoms with Crippen molar-refractivity contribution in [2.24, 2.45) is 15.0 Å². The molecule has 23 heavy (non-hydrogen) atoms. The maximum absolute atomic E-state index is 13.4. The van der Waals surface area contributed by atoms with Crippen molar-refractivity contribution in [3.8, 4) is 0 Å². The van der Waals surface area contributed by atoms with Crippen LogP contribution < -0.4 is 5.32 Å². The Hall–Kier alpha value is -2.76. The highest BCUT2D eigenvalue weighted by molar-refractivity contribution is 6.12. The van der Waals surface area contributed by atoms with E-state index in [0.717, 1.165) is 11.5 Å². The van der Waals surface area contributed by atoms with Crippen molar-refractivity contribution in [1.82, 2.24) is 5.32 Å². The molecule has 0 amide bonds. The first-order valence-corrected chi connectivity index (χ1v) is 6.99. The summed E-state index contributed by atoms with van der Waals surface area (Å²) in [7, 11) is 3.33. The summed E-state index contributed by atoms with van der Waals surface area (Å²) >= 11 is 0. The first-order valence-electron chi connectivity index (χ1n) is 6.99. The molecule has 0 saturated heterocycles. The molecule has 1 aliphatic rings. The van der Waals surface area contributed by atoms with E-state index in [-0.39, 0.29) is 5.83 Å². The van der Waals surface area contributed by atoms with Gasteiger partial charge >= 0.3 is 0 Å². The Balaban J connectivity index is 3.26. The molecule has 0 saturated carbocycles. The van der Waals surface area contributed by atoms with E-state index >= 15 is 0 Å². The number of rotatable bonds is 6. The van der Waals surface area contributed by atoms with E-state index in [2.05, 4.69) is 27.0 Å². The van der Waals surface area contributed by atoms with E-state index in [0.29, 0.717) is 17.7 Å². The van der Waals surface area contributed by atoms with Crippen molar-refractivity contribution in [2.75, 3.05) is 14.2 Å². The Kier molecular flexibility index (Phi) is 7.99. The predicted molar refractivity (Wildman–Crippen MR) is 94.4 cm³/mol. The molecule has 1 aliphatic heterocycles. The van der Waals surface area contributed by atoms with Gasteiger partial charge in [-0.1, -0.05) is 0 Å². The topological polar surface area (TPSA) is 58.3 Å². The van der Waals surface area contributed by atoms with Crippen LogP contribution in [0.4, 0.5) is 4.39 Å². The number of nitrogens with one attached hydrogen (secondary N) is 1. The molecule has 0 aromatic rings. The SMILES string of the molecule is C=N/C=C\N=C1C=C(C(/C=C(\C)F)=C/C=C/OC)N=C(NC)C\1. The van der Waals surface area contributed by atoms with Crippen LogP contribution in [0.15, 0.2) is 75.0 Å². The number of allylic oxidation sites excluding steroid dienone is 5. The lowest BCUT2D eigenvalue weighted by atomic mass is 10.1. The molecule has 0 radical (unpaired) electrons. The van der Waals surface area contributed by atoms with Crippen molar-refractivity contribution in [3.63, 3.8) is 0 Å². The first-order chi connectivity index (χ1) is 11.1. The predicted octanol–water partition coefficient (Wildman–Crippen LogP) is 3.46. The molecule has 0 unspecified atom stereocenters. The summed E-state index contributed by atoms with van der Waals surface area (Å²) in [6.07, 6.45) is 11.7.